The molecular weight excluding hydrogens is 199 g/mol. The van der Waals surface area contributed by atoms with Crippen LogP contribution in [0.3, 0.4) is 0 Å². The minimum atomic E-state index is 0.436. The summed E-state index contributed by atoms with van der Waals surface area (Å²) in [5.74, 6) is 0.727. The van der Waals surface area contributed by atoms with E-state index in [1.807, 2.05) is 6.08 Å². The first kappa shape index (κ1) is 13.0. The molecule has 0 heterocycles. The summed E-state index contributed by atoms with van der Waals surface area (Å²) in [6.07, 6.45) is 10.5. The molecule has 0 aromatic rings. The first-order chi connectivity index (χ1) is 7.02. The van der Waals surface area contributed by atoms with E-state index in [2.05, 4.69) is 42.3 Å². The van der Waals surface area contributed by atoms with Crippen molar-refractivity contribution in [1.82, 2.24) is 0 Å². The summed E-state index contributed by atoms with van der Waals surface area (Å²) in [5, 5.41) is 0.442. The Balaban J connectivity index is 2.58. The van der Waals surface area contributed by atoms with Crippen LogP contribution in [0.15, 0.2) is 25.3 Å². The van der Waals surface area contributed by atoms with Crippen LogP contribution in [0.1, 0.15) is 46.0 Å². The molecule has 1 rings (SSSR count). The SMILES string of the molecule is C=CCC(C)C1(P)CC(C=C)(CCC)C1. The lowest BCUT2D eigenvalue weighted by atomic mass is 9.55. The Kier molecular flexibility index (Phi) is 4.18. The summed E-state index contributed by atoms with van der Waals surface area (Å²) in [7, 11) is 3.09. The van der Waals surface area contributed by atoms with Crippen LogP contribution in [0.5, 0.6) is 0 Å². The zero-order valence-corrected chi connectivity index (χ0v) is 11.4. The van der Waals surface area contributed by atoms with Gasteiger partial charge in [0, 0.05) is 0 Å². The molecule has 2 unspecified atom stereocenters. The van der Waals surface area contributed by atoms with Gasteiger partial charge in [-0.3, -0.25) is 0 Å². The summed E-state index contributed by atoms with van der Waals surface area (Å²) in [6, 6.07) is 0. The maximum absolute atomic E-state index is 4.01. The zero-order chi connectivity index (χ0) is 11.5. The number of hydrogen-bond acceptors (Lipinski definition) is 0. The van der Waals surface area contributed by atoms with Gasteiger partial charge in [-0.2, -0.15) is 0 Å². The van der Waals surface area contributed by atoms with Crippen LogP contribution in [0.4, 0.5) is 0 Å². The molecule has 0 saturated heterocycles. The summed E-state index contributed by atoms with van der Waals surface area (Å²) in [4.78, 5) is 0. The predicted molar refractivity (Wildman–Crippen MR) is 73.2 cm³/mol. The van der Waals surface area contributed by atoms with Crippen LogP contribution in [0.2, 0.25) is 0 Å². The molecule has 0 aromatic carbocycles. The van der Waals surface area contributed by atoms with Gasteiger partial charge in [0.25, 0.3) is 0 Å². The highest BCUT2D eigenvalue weighted by molar-refractivity contribution is 7.19. The van der Waals surface area contributed by atoms with Crippen molar-refractivity contribution in [3.8, 4) is 0 Å². The van der Waals surface area contributed by atoms with Crippen molar-refractivity contribution in [3.63, 3.8) is 0 Å². The van der Waals surface area contributed by atoms with E-state index in [-0.39, 0.29) is 0 Å². The van der Waals surface area contributed by atoms with E-state index in [0.29, 0.717) is 10.6 Å². The van der Waals surface area contributed by atoms with Gasteiger partial charge in [0.1, 0.15) is 0 Å². The largest absolute Gasteiger partial charge is 0.131 e. The highest BCUT2D eigenvalue weighted by Crippen LogP contribution is 2.60. The number of rotatable bonds is 6. The van der Waals surface area contributed by atoms with Crippen molar-refractivity contribution in [1.29, 1.82) is 0 Å². The monoisotopic (exact) mass is 224 g/mol. The fourth-order valence-electron chi connectivity index (χ4n) is 3.01. The molecule has 1 aliphatic rings. The maximum atomic E-state index is 4.01. The number of hydrogen-bond donors (Lipinski definition) is 0. The molecule has 0 N–H and O–H groups in total. The second-order valence-electron chi connectivity index (χ2n) is 5.33. The molecule has 86 valence electrons. The van der Waals surface area contributed by atoms with E-state index >= 15 is 0 Å². The van der Waals surface area contributed by atoms with Crippen molar-refractivity contribution in [2.24, 2.45) is 11.3 Å². The summed E-state index contributed by atoms with van der Waals surface area (Å²) in [5.41, 5.74) is 0.436. The Hall–Kier alpha value is -0.0900. The molecule has 0 bridgehead atoms. The van der Waals surface area contributed by atoms with Crippen LogP contribution in [0.25, 0.3) is 0 Å². The van der Waals surface area contributed by atoms with E-state index in [4.69, 9.17) is 0 Å². The average Bonchev–Trinajstić information content (AvgIpc) is 2.15. The molecule has 1 fully saturated rings. The molecule has 15 heavy (non-hydrogen) atoms. The van der Waals surface area contributed by atoms with Gasteiger partial charge in [0.15, 0.2) is 0 Å². The lowest BCUT2D eigenvalue weighted by molar-refractivity contribution is 0.0873. The van der Waals surface area contributed by atoms with Crippen molar-refractivity contribution in [2.75, 3.05) is 0 Å². The highest BCUT2D eigenvalue weighted by Gasteiger charge is 2.51. The lowest BCUT2D eigenvalue weighted by Gasteiger charge is -2.56. The molecule has 1 heteroatoms. The molecule has 0 spiro atoms. The van der Waals surface area contributed by atoms with Crippen molar-refractivity contribution >= 4 is 9.24 Å². The highest BCUT2D eigenvalue weighted by atomic mass is 31.0. The topological polar surface area (TPSA) is 0 Å². The van der Waals surface area contributed by atoms with Gasteiger partial charge < -0.3 is 0 Å². The normalized spacial score (nSPS) is 36.7. The van der Waals surface area contributed by atoms with Gasteiger partial charge >= 0.3 is 0 Å². The first-order valence-corrected chi connectivity index (χ1v) is 6.63. The van der Waals surface area contributed by atoms with Crippen molar-refractivity contribution < 1.29 is 0 Å². The Bertz CT molecular complexity index is 236. The third-order valence-electron chi connectivity index (χ3n) is 4.04. The minimum Gasteiger partial charge on any atom is -0.131 e. The Labute approximate surface area is 97.4 Å². The standard InChI is InChI=1S/C14H25P/c1-5-8-12(4)14(15)10-13(7-3,11-14)9-6-2/h5,7,12H,1,3,6,8-11,15H2,2,4H3. The van der Waals surface area contributed by atoms with Gasteiger partial charge in [-0.25, -0.2) is 0 Å². The van der Waals surface area contributed by atoms with E-state index in [9.17, 15) is 0 Å². The second-order valence-corrected chi connectivity index (χ2v) is 6.48. The van der Waals surface area contributed by atoms with Crippen molar-refractivity contribution in [3.05, 3.63) is 25.3 Å². The lowest BCUT2D eigenvalue weighted by Crippen LogP contribution is -2.50. The molecule has 0 amide bonds. The van der Waals surface area contributed by atoms with Crippen LogP contribution < -0.4 is 0 Å². The van der Waals surface area contributed by atoms with Crippen LogP contribution in [-0.2, 0) is 0 Å². The van der Waals surface area contributed by atoms with Gasteiger partial charge in [0.2, 0.25) is 0 Å². The molecule has 0 aromatic heterocycles. The van der Waals surface area contributed by atoms with Gasteiger partial charge in [0.05, 0.1) is 0 Å². The Morgan fingerprint density at radius 1 is 1.40 bits per heavy atom. The van der Waals surface area contributed by atoms with Gasteiger partial charge in [-0.1, -0.05) is 32.4 Å². The van der Waals surface area contributed by atoms with Crippen LogP contribution in [0, 0.1) is 11.3 Å². The zero-order valence-electron chi connectivity index (χ0n) is 10.3. The third-order valence-corrected chi connectivity index (χ3v) is 5.02. The smallest absolute Gasteiger partial charge is 0.0104 e. The van der Waals surface area contributed by atoms with Crippen molar-refractivity contribution in [2.45, 2.75) is 51.1 Å². The summed E-state index contributed by atoms with van der Waals surface area (Å²) >= 11 is 0. The molecule has 0 radical (unpaired) electrons. The van der Waals surface area contributed by atoms with Gasteiger partial charge in [-0.05, 0) is 42.2 Å². The van der Waals surface area contributed by atoms with Crippen LogP contribution in [-0.4, -0.2) is 5.16 Å². The molecule has 1 aliphatic carbocycles. The third kappa shape index (κ3) is 2.53. The average molecular weight is 224 g/mol. The fraction of sp³-hybridized carbons (Fsp3) is 0.714. The Morgan fingerprint density at radius 2 is 2.00 bits per heavy atom. The summed E-state index contributed by atoms with van der Waals surface area (Å²) < 4.78 is 0. The maximum Gasteiger partial charge on any atom is -0.0104 e. The van der Waals surface area contributed by atoms with E-state index in [0.717, 1.165) is 12.3 Å². The van der Waals surface area contributed by atoms with Gasteiger partial charge in [-0.15, -0.1) is 22.4 Å². The predicted octanol–water partition coefficient (Wildman–Crippen LogP) is 4.58. The minimum absolute atomic E-state index is 0.436. The van der Waals surface area contributed by atoms with E-state index in [1.165, 1.54) is 25.7 Å². The number of allylic oxidation sites excluding steroid dienone is 2. The first-order valence-electron chi connectivity index (χ1n) is 6.05. The molecule has 0 nitrogen and oxygen atoms in total. The molecule has 2 atom stereocenters. The molecule has 1 saturated carbocycles. The van der Waals surface area contributed by atoms with E-state index < -0.39 is 0 Å². The summed E-state index contributed by atoms with van der Waals surface area (Å²) in [6.45, 7) is 12.5. The van der Waals surface area contributed by atoms with E-state index in [1.54, 1.807) is 0 Å². The van der Waals surface area contributed by atoms with Crippen LogP contribution >= 0.6 is 9.24 Å². The quantitative estimate of drug-likeness (QED) is 0.457. The second kappa shape index (κ2) is 4.83. The molecule has 0 aliphatic heterocycles. The molecular formula is C14H25P. The fourth-order valence-corrected chi connectivity index (χ4v) is 3.96. The Morgan fingerprint density at radius 3 is 2.40 bits per heavy atom.